The third-order valence-corrected chi connectivity index (χ3v) is 6.54. The monoisotopic (exact) mass is 436 g/mol. The van der Waals surface area contributed by atoms with Gasteiger partial charge in [0, 0.05) is 36.7 Å². The summed E-state index contributed by atoms with van der Waals surface area (Å²) in [5.41, 5.74) is 8.93. The fraction of sp³-hybridized carbons (Fsp3) is 0.423. The van der Waals surface area contributed by atoms with Crippen LogP contribution in [0.2, 0.25) is 0 Å². The zero-order chi connectivity index (χ0) is 22.5. The molecule has 1 saturated heterocycles. The molecule has 1 fully saturated rings. The van der Waals surface area contributed by atoms with Crippen LogP contribution in [0.3, 0.4) is 0 Å². The number of aromatic nitrogens is 1. The largest absolute Gasteiger partial charge is 0.368 e. The number of carbonyl (C=O) groups excluding carboxylic acids is 1. The van der Waals surface area contributed by atoms with Crippen molar-refractivity contribution in [3.8, 4) is 0 Å². The van der Waals surface area contributed by atoms with Gasteiger partial charge in [0.2, 0.25) is 5.91 Å². The molecule has 0 aliphatic carbocycles. The van der Waals surface area contributed by atoms with E-state index in [1.165, 1.54) is 29.4 Å². The molecule has 170 valence electrons. The zero-order valence-electron chi connectivity index (χ0n) is 18.8. The molecule has 0 atom stereocenters. The van der Waals surface area contributed by atoms with Crippen molar-refractivity contribution in [2.75, 3.05) is 33.2 Å². The predicted octanol–water partition coefficient (Wildman–Crippen LogP) is 3.65. The fourth-order valence-corrected chi connectivity index (χ4v) is 4.87. The molecule has 4 rings (SSSR count). The highest BCUT2D eigenvalue weighted by Crippen LogP contribution is 2.24. The number of nitrogens with two attached hydrogens (primary N) is 1. The van der Waals surface area contributed by atoms with E-state index in [4.69, 9.17) is 5.73 Å². The van der Waals surface area contributed by atoms with E-state index in [-0.39, 0.29) is 18.3 Å². The molecule has 2 aromatic carbocycles. The summed E-state index contributed by atoms with van der Waals surface area (Å²) in [6, 6.07) is 15.1. The van der Waals surface area contributed by atoms with Gasteiger partial charge in [0.05, 0.1) is 0 Å². The first-order valence-corrected chi connectivity index (χ1v) is 11.5. The van der Waals surface area contributed by atoms with E-state index in [9.17, 15) is 9.18 Å². The van der Waals surface area contributed by atoms with Crippen molar-refractivity contribution in [1.82, 2.24) is 14.4 Å². The maximum absolute atomic E-state index is 13.1. The lowest BCUT2D eigenvalue weighted by Gasteiger charge is -2.34. The van der Waals surface area contributed by atoms with E-state index in [1.54, 1.807) is 12.1 Å². The molecular weight excluding hydrogens is 403 g/mol. The minimum Gasteiger partial charge on any atom is -0.368 e. The number of hydrogen-bond acceptors (Lipinski definition) is 3. The summed E-state index contributed by atoms with van der Waals surface area (Å²) in [5.74, 6) is 0.203. The van der Waals surface area contributed by atoms with Crippen LogP contribution >= 0.6 is 0 Å². The molecule has 0 radical (unpaired) electrons. The molecule has 6 heteroatoms. The van der Waals surface area contributed by atoms with Crippen LogP contribution in [0.5, 0.6) is 0 Å². The molecule has 5 nitrogen and oxygen atoms in total. The van der Waals surface area contributed by atoms with Gasteiger partial charge >= 0.3 is 0 Å². The lowest BCUT2D eigenvalue weighted by atomic mass is 9.95. The summed E-state index contributed by atoms with van der Waals surface area (Å²) < 4.78 is 15.0. The maximum atomic E-state index is 13.1. The highest BCUT2D eigenvalue weighted by Gasteiger charge is 2.21. The molecule has 1 aromatic heterocycles. The minimum absolute atomic E-state index is 0.170. The van der Waals surface area contributed by atoms with Crippen molar-refractivity contribution in [2.24, 2.45) is 11.7 Å². The van der Waals surface area contributed by atoms with Gasteiger partial charge in [-0.2, -0.15) is 0 Å². The lowest BCUT2D eigenvalue weighted by molar-refractivity contribution is -0.118. The van der Waals surface area contributed by atoms with Crippen molar-refractivity contribution >= 4 is 16.8 Å². The Morgan fingerprint density at radius 2 is 1.84 bits per heavy atom. The van der Waals surface area contributed by atoms with Gasteiger partial charge in [-0.05, 0) is 74.6 Å². The first kappa shape index (κ1) is 22.5. The molecule has 2 heterocycles. The maximum Gasteiger partial charge on any atom is 0.237 e. The molecule has 32 heavy (non-hydrogen) atoms. The highest BCUT2D eigenvalue weighted by molar-refractivity contribution is 5.85. The first-order valence-electron chi connectivity index (χ1n) is 11.5. The number of carbonyl (C=O) groups is 1. The second kappa shape index (κ2) is 10.3. The zero-order valence-corrected chi connectivity index (χ0v) is 18.8. The van der Waals surface area contributed by atoms with E-state index < -0.39 is 0 Å². The Kier molecular flexibility index (Phi) is 7.22. The third kappa shape index (κ3) is 5.75. The molecule has 0 spiro atoms. The number of hydrogen-bond donors (Lipinski definition) is 1. The molecular formula is C26H33FN4O. The quantitative estimate of drug-likeness (QED) is 0.557. The summed E-state index contributed by atoms with van der Waals surface area (Å²) in [5, 5.41) is 1.19. The van der Waals surface area contributed by atoms with Crippen molar-refractivity contribution < 1.29 is 9.18 Å². The number of primary amides is 1. The van der Waals surface area contributed by atoms with E-state index in [2.05, 4.69) is 29.1 Å². The summed E-state index contributed by atoms with van der Waals surface area (Å²) in [6.07, 6.45) is 5.46. The summed E-state index contributed by atoms with van der Waals surface area (Å²) >= 11 is 0. The van der Waals surface area contributed by atoms with Crippen LogP contribution in [0, 0.1) is 11.7 Å². The predicted molar refractivity (Wildman–Crippen MR) is 127 cm³/mol. The average molecular weight is 437 g/mol. The van der Waals surface area contributed by atoms with Crippen molar-refractivity contribution in [2.45, 2.75) is 32.4 Å². The van der Waals surface area contributed by atoms with Crippen LogP contribution < -0.4 is 5.73 Å². The van der Waals surface area contributed by atoms with Gasteiger partial charge in [-0.25, -0.2) is 4.39 Å². The fourth-order valence-electron chi connectivity index (χ4n) is 4.87. The normalized spacial score (nSPS) is 15.6. The van der Waals surface area contributed by atoms with Crippen LogP contribution in [0.1, 0.15) is 24.0 Å². The lowest BCUT2D eigenvalue weighted by Crippen LogP contribution is -2.38. The van der Waals surface area contributed by atoms with Gasteiger partial charge < -0.3 is 20.1 Å². The summed E-state index contributed by atoms with van der Waals surface area (Å²) in [7, 11) is 2.18. The Hall–Kier alpha value is -2.70. The smallest absolute Gasteiger partial charge is 0.237 e. The molecule has 0 unspecified atom stereocenters. The van der Waals surface area contributed by atoms with E-state index in [1.807, 2.05) is 34.9 Å². The summed E-state index contributed by atoms with van der Waals surface area (Å²) in [4.78, 5) is 16.4. The van der Waals surface area contributed by atoms with Crippen molar-refractivity contribution in [3.63, 3.8) is 0 Å². The van der Waals surface area contributed by atoms with Crippen molar-refractivity contribution in [1.29, 1.82) is 0 Å². The molecule has 1 aliphatic heterocycles. The van der Waals surface area contributed by atoms with Crippen molar-refractivity contribution in [3.05, 3.63) is 71.7 Å². The van der Waals surface area contributed by atoms with E-state index in [0.29, 0.717) is 5.92 Å². The third-order valence-electron chi connectivity index (χ3n) is 6.54. The van der Waals surface area contributed by atoms with Crippen LogP contribution in [0.15, 0.2) is 54.7 Å². The van der Waals surface area contributed by atoms with E-state index in [0.717, 1.165) is 44.7 Å². The number of fused-ring (bicyclic) bond motifs is 1. The number of piperidine rings is 1. The van der Waals surface area contributed by atoms with Crippen LogP contribution in [-0.2, 0) is 24.3 Å². The number of nitrogens with zero attached hydrogens (tertiary/aromatic N) is 3. The highest BCUT2D eigenvalue weighted by atomic mass is 19.1. The number of rotatable bonds is 9. The van der Waals surface area contributed by atoms with E-state index >= 15 is 0 Å². The Balaban J connectivity index is 1.27. The van der Waals surface area contributed by atoms with Gasteiger partial charge in [0.15, 0.2) is 0 Å². The minimum atomic E-state index is -0.322. The average Bonchev–Trinajstić information content (AvgIpc) is 3.11. The molecule has 1 amide bonds. The Morgan fingerprint density at radius 1 is 1.12 bits per heavy atom. The number of halogens is 1. The van der Waals surface area contributed by atoms with Gasteiger partial charge in [-0.1, -0.05) is 30.3 Å². The number of benzene rings is 2. The van der Waals surface area contributed by atoms with Gasteiger partial charge in [0.25, 0.3) is 0 Å². The first-order chi connectivity index (χ1) is 15.5. The number of para-hydroxylation sites is 1. The second-order valence-corrected chi connectivity index (χ2v) is 9.12. The standard InChI is InChI=1S/C26H33FN4O/c1-29(17-22-18-31(19-26(28)32)25-5-3-2-4-24(22)25)16-21-11-14-30(15-12-21)13-10-20-6-8-23(27)9-7-20/h2-9,18,21H,10-17,19H2,1H3,(H2,28,32). The molecule has 2 N–H and O–H groups in total. The van der Waals surface area contributed by atoms with Crippen LogP contribution in [0.25, 0.3) is 10.9 Å². The van der Waals surface area contributed by atoms with Gasteiger partial charge in [-0.15, -0.1) is 0 Å². The molecule has 0 saturated carbocycles. The number of amides is 1. The SMILES string of the molecule is CN(Cc1cn(CC(N)=O)c2ccccc12)CC1CCN(CCc2ccc(F)cc2)CC1. The Morgan fingerprint density at radius 3 is 2.56 bits per heavy atom. The molecule has 0 bridgehead atoms. The summed E-state index contributed by atoms with van der Waals surface area (Å²) in [6.45, 7) is 5.42. The second-order valence-electron chi connectivity index (χ2n) is 9.12. The molecule has 1 aliphatic rings. The van der Waals surface area contributed by atoms with Gasteiger partial charge in [0.1, 0.15) is 12.4 Å². The topological polar surface area (TPSA) is 54.5 Å². The molecule has 3 aromatic rings. The van der Waals surface area contributed by atoms with Crippen LogP contribution in [0.4, 0.5) is 4.39 Å². The van der Waals surface area contributed by atoms with Gasteiger partial charge in [-0.3, -0.25) is 4.79 Å². The number of likely N-dealkylation sites (tertiary alicyclic amines) is 1. The Labute approximate surface area is 189 Å². The van der Waals surface area contributed by atoms with Crippen LogP contribution in [-0.4, -0.2) is 53.5 Å². The Bertz CT molecular complexity index is 1040.